The number of hydrogen-bond donors (Lipinski definition) is 1. The third-order valence-corrected chi connectivity index (χ3v) is 6.15. The molecule has 0 fully saturated rings. The molecule has 4 rings (SSSR count). The third kappa shape index (κ3) is 3.05. The largest absolute Gasteiger partial charge is 0.324 e. The molecule has 3 aromatic rings. The molecule has 1 aromatic carbocycles. The Morgan fingerprint density at radius 3 is 2.92 bits per heavy atom. The van der Waals surface area contributed by atoms with Crippen molar-refractivity contribution in [2.45, 2.75) is 25.8 Å². The molecule has 0 saturated heterocycles. The van der Waals surface area contributed by atoms with Crippen molar-refractivity contribution in [1.82, 2.24) is 9.55 Å². The van der Waals surface area contributed by atoms with Crippen LogP contribution in [0.4, 0.5) is 5.69 Å². The molecule has 1 amide bonds. The van der Waals surface area contributed by atoms with Gasteiger partial charge in [0, 0.05) is 10.6 Å². The van der Waals surface area contributed by atoms with Crippen LogP contribution in [0.1, 0.15) is 16.9 Å². The minimum atomic E-state index is -0.325. The van der Waals surface area contributed by atoms with Crippen LogP contribution < -0.4 is 10.9 Å². The summed E-state index contributed by atoms with van der Waals surface area (Å²) in [7, 11) is 0. The van der Waals surface area contributed by atoms with Crippen LogP contribution in [0.5, 0.6) is 0 Å². The maximum Gasteiger partial charge on any atom is 0.262 e. The zero-order valence-corrected chi connectivity index (χ0v) is 15.3. The number of hydrogen-bond acceptors (Lipinski definition) is 4. The molecule has 2 heterocycles. The maximum atomic E-state index is 12.7. The van der Waals surface area contributed by atoms with Crippen LogP contribution in [0, 0.1) is 0 Å². The number of halogens is 2. The number of carbonyl (C=O) groups excluding carboxylic acids is 1. The monoisotopic (exact) mass is 393 g/mol. The molecule has 25 heavy (non-hydrogen) atoms. The summed E-state index contributed by atoms with van der Waals surface area (Å²) in [6, 6.07) is 4.83. The highest BCUT2D eigenvalue weighted by Crippen LogP contribution is 2.34. The molecule has 0 aliphatic heterocycles. The third-order valence-electron chi connectivity index (χ3n) is 4.21. The molecule has 0 saturated carbocycles. The zero-order chi connectivity index (χ0) is 17.6. The van der Waals surface area contributed by atoms with Gasteiger partial charge in [-0.05, 0) is 43.0 Å². The van der Waals surface area contributed by atoms with E-state index in [-0.39, 0.29) is 18.0 Å². The highest BCUT2D eigenvalue weighted by molar-refractivity contribution is 7.18. The van der Waals surface area contributed by atoms with Crippen molar-refractivity contribution in [3.8, 4) is 0 Å². The fourth-order valence-corrected chi connectivity index (χ4v) is 4.58. The Morgan fingerprint density at radius 1 is 1.28 bits per heavy atom. The zero-order valence-electron chi connectivity index (χ0n) is 13.0. The number of nitrogens with zero attached hydrogens (tertiary/aromatic N) is 2. The van der Waals surface area contributed by atoms with Crippen LogP contribution >= 0.6 is 34.5 Å². The van der Waals surface area contributed by atoms with Gasteiger partial charge < -0.3 is 5.32 Å². The smallest absolute Gasteiger partial charge is 0.262 e. The number of rotatable bonds is 3. The summed E-state index contributed by atoms with van der Waals surface area (Å²) in [6.07, 6.45) is 4.42. The molecule has 1 aliphatic carbocycles. The molecule has 0 unspecified atom stereocenters. The summed E-state index contributed by atoms with van der Waals surface area (Å²) in [5.74, 6) is -0.325. The summed E-state index contributed by atoms with van der Waals surface area (Å²) < 4.78 is 1.35. The number of fused-ring (bicyclic) bond motifs is 3. The molecule has 1 aliphatic rings. The molecular weight excluding hydrogens is 381 g/mol. The topological polar surface area (TPSA) is 64.0 Å². The number of thiophene rings is 1. The molecule has 8 heteroatoms. The van der Waals surface area contributed by atoms with Gasteiger partial charge in [-0.15, -0.1) is 11.3 Å². The molecule has 5 nitrogen and oxygen atoms in total. The molecule has 0 spiro atoms. The van der Waals surface area contributed by atoms with E-state index >= 15 is 0 Å². The first kappa shape index (κ1) is 16.6. The van der Waals surface area contributed by atoms with Crippen molar-refractivity contribution >= 4 is 56.3 Å². The normalized spacial score (nSPS) is 13.2. The molecule has 128 valence electrons. The Bertz CT molecular complexity index is 1060. The van der Waals surface area contributed by atoms with Gasteiger partial charge >= 0.3 is 0 Å². The lowest BCUT2D eigenvalue weighted by atomic mass is 10.2. The Labute approximate surface area is 157 Å². The number of carbonyl (C=O) groups is 1. The van der Waals surface area contributed by atoms with Crippen LogP contribution in [0.15, 0.2) is 29.3 Å². The highest BCUT2D eigenvalue weighted by Gasteiger charge is 2.21. The molecule has 0 radical (unpaired) electrons. The van der Waals surface area contributed by atoms with Crippen molar-refractivity contribution in [3.63, 3.8) is 0 Å². The predicted octanol–water partition coefficient (Wildman–Crippen LogP) is 3.89. The van der Waals surface area contributed by atoms with Crippen molar-refractivity contribution in [1.29, 1.82) is 0 Å². The van der Waals surface area contributed by atoms with E-state index in [1.54, 1.807) is 29.5 Å². The van der Waals surface area contributed by atoms with E-state index in [9.17, 15) is 9.59 Å². The fraction of sp³-hybridized carbons (Fsp3) is 0.235. The molecule has 0 bridgehead atoms. The van der Waals surface area contributed by atoms with Gasteiger partial charge in [-0.3, -0.25) is 14.2 Å². The van der Waals surface area contributed by atoms with Gasteiger partial charge in [-0.2, -0.15) is 0 Å². The summed E-state index contributed by atoms with van der Waals surface area (Å²) in [5.41, 5.74) is 1.48. The van der Waals surface area contributed by atoms with E-state index in [1.807, 2.05) is 0 Å². The van der Waals surface area contributed by atoms with Gasteiger partial charge in [-0.1, -0.05) is 23.2 Å². The van der Waals surface area contributed by atoms with E-state index in [1.165, 1.54) is 15.8 Å². The second kappa shape index (κ2) is 6.44. The van der Waals surface area contributed by atoms with E-state index in [0.29, 0.717) is 21.1 Å². The van der Waals surface area contributed by atoms with E-state index in [2.05, 4.69) is 10.3 Å². The van der Waals surface area contributed by atoms with Gasteiger partial charge in [0.1, 0.15) is 11.4 Å². The summed E-state index contributed by atoms with van der Waals surface area (Å²) in [4.78, 5) is 31.4. The van der Waals surface area contributed by atoms with Gasteiger partial charge in [0.15, 0.2) is 0 Å². The number of benzene rings is 1. The minimum absolute atomic E-state index is 0.105. The predicted molar refractivity (Wildman–Crippen MR) is 101 cm³/mol. The SMILES string of the molecule is O=C(Cn1cnc2sc3c(c2c1=O)CCC3)Nc1ccc(Cl)c(Cl)c1. The minimum Gasteiger partial charge on any atom is -0.324 e. The number of aromatic nitrogens is 2. The Kier molecular flexibility index (Phi) is 4.27. The summed E-state index contributed by atoms with van der Waals surface area (Å²) >= 11 is 13.4. The first-order valence-corrected chi connectivity index (χ1v) is 9.35. The number of amides is 1. The number of nitrogens with one attached hydrogen (secondary N) is 1. The average Bonchev–Trinajstić information content (AvgIpc) is 3.14. The summed E-state index contributed by atoms with van der Waals surface area (Å²) in [5, 5.41) is 4.15. The molecular formula is C17H13Cl2N3O2S. The maximum absolute atomic E-state index is 12.7. The average molecular weight is 394 g/mol. The molecule has 0 atom stereocenters. The quantitative estimate of drug-likeness (QED) is 0.733. The van der Waals surface area contributed by atoms with Crippen LogP contribution in [-0.4, -0.2) is 15.5 Å². The highest BCUT2D eigenvalue weighted by atomic mass is 35.5. The molecule has 2 aromatic heterocycles. The van der Waals surface area contributed by atoms with E-state index in [4.69, 9.17) is 23.2 Å². The van der Waals surface area contributed by atoms with Gasteiger partial charge in [0.2, 0.25) is 5.91 Å². The van der Waals surface area contributed by atoms with Crippen molar-refractivity contribution in [3.05, 3.63) is 55.4 Å². The summed E-state index contributed by atoms with van der Waals surface area (Å²) in [6.45, 7) is -0.105. The van der Waals surface area contributed by atoms with Gasteiger partial charge in [0.25, 0.3) is 5.56 Å². The first-order chi connectivity index (χ1) is 12.0. The van der Waals surface area contributed by atoms with Crippen molar-refractivity contribution in [2.24, 2.45) is 0 Å². The second-order valence-corrected chi connectivity index (χ2v) is 7.79. The van der Waals surface area contributed by atoms with Gasteiger partial charge in [-0.25, -0.2) is 4.98 Å². The Morgan fingerprint density at radius 2 is 2.12 bits per heavy atom. The lowest BCUT2D eigenvalue weighted by Gasteiger charge is -2.08. The lowest BCUT2D eigenvalue weighted by molar-refractivity contribution is -0.116. The van der Waals surface area contributed by atoms with Crippen LogP contribution in [-0.2, 0) is 24.2 Å². The second-order valence-electron chi connectivity index (χ2n) is 5.89. The number of anilines is 1. The van der Waals surface area contributed by atoms with Crippen molar-refractivity contribution in [2.75, 3.05) is 5.32 Å². The van der Waals surface area contributed by atoms with Crippen molar-refractivity contribution < 1.29 is 4.79 Å². The fourth-order valence-electron chi connectivity index (χ4n) is 3.06. The van der Waals surface area contributed by atoms with E-state index < -0.39 is 0 Å². The standard InChI is InChI=1S/C17H13Cl2N3O2S/c18-11-5-4-9(6-12(11)19)21-14(23)7-22-8-20-16-15(17(22)24)10-2-1-3-13(10)25-16/h4-6,8H,1-3,7H2,(H,21,23). The van der Waals surface area contributed by atoms with E-state index in [0.717, 1.165) is 29.7 Å². The van der Waals surface area contributed by atoms with Crippen LogP contribution in [0.25, 0.3) is 10.2 Å². The molecule has 1 N–H and O–H groups in total. The first-order valence-electron chi connectivity index (χ1n) is 7.77. The lowest BCUT2D eigenvalue weighted by Crippen LogP contribution is -2.28. The Balaban J connectivity index is 1.60. The van der Waals surface area contributed by atoms with Crippen LogP contribution in [0.3, 0.4) is 0 Å². The van der Waals surface area contributed by atoms with Gasteiger partial charge in [0.05, 0.1) is 21.8 Å². The Hall–Kier alpha value is -1.89. The van der Waals surface area contributed by atoms with Crippen LogP contribution in [0.2, 0.25) is 10.0 Å². The number of aryl methyl sites for hydroxylation is 2.